The van der Waals surface area contributed by atoms with Gasteiger partial charge in [0.05, 0.1) is 6.61 Å². The second-order valence-corrected chi connectivity index (χ2v) is 7.15. The second kappa shape index (κ2) is 6.32. The first-order valence-corrected chi connectivity index (χ1v) is 8.44. The van der Waals surface area contributed by atoms with Gasteiger partial charge < -0.3 is 5.11 Å². The minimum atomic E-state index is -3.36. The van der Waals surface area contributed by atoms with E-state index < -0.39 is 10.2 Å². The van der Waals surface area contributed by atoms with E-state index in [1.165, 1.54) is 4.31 Å². The van der Waals surface area contributed by atoms with Crippen molar-refractivity contribution in [2.45, 2.75) is 51.0 Å². The van der Waals surface area contributed by atoms with Gasteiger partial charge in [0, 0.05) is 25.7 Å². The van der Waals surface area contributed by atoms with Crippen LogP contribution in [0.5, 0.6) is 0 Å². The van der Waals surface area contributed by atoms with Crippen LogP contribution < -0.4 is 0 Å². The Balaban J connectivity index is 2.12. The standard InChI is InChI=1S/C12H24N2O3S/c15-11-12-7-3-6-10-14(12)18(16,17)13-8-4-1-2-5-9-13/h12,15H,1-11H2. The van der Waals surface area contributed by atoms with Crippen LogP contribution in [-0.4, -0.2) is 54.4 Å². The molecule has 2 heterocycles. The van der Waals surface area contributed by atoms with E-state index >= 15 is 0 Å². The lowest BCUT2D eigenvalue weighted by Crippen LogP contribution is -2.52. The van der Waals surface area contributed by atoms with Gasteiger partial charge in [-0.05, 0) is 25.7 Å². The van der Waals surface area contributed by atoms with Crippen LogP contribution in [-0.2, 0) is 10.2 Å². The first-order valence-electron chi connectivity index (χ1n) is 7.04. The summed E-state index contributed by atoms with van der Waals surface area (Å²) in [7, 11) is -3.36. The van der Waals surface area contributed by atoms with E-state index in [0.717, 1.165) is 44.9 Å². The Hall–Kier alpha value is -0.170. The van der Waals surface area contributed by atoms with Gasteiger partial charge in [0.2, 0.25) is 0 Å². The number of hydrogen-bond donors (Lipinski definition) is 1. The first kappa shape index (κ1) is 14.2. The van der Waals surface area contributed by atoms with Crippen molar-refractivity contribution in [1.82, 2.24) is 8.61 Å². The second-order valence-electron chi connectivity index (χ2n) is 5.26. The van der Waals surface area contributed by atoms with Crippen LogP contribution in [0, 0.1) is 0 Å². The molecular formula is C12H24N2O3S. The van der Waals surface area contributed by atoms with E-state index in [1.54, 1.807) is 4.31 Å². The topological polar surface area (TPSA) is 60.9 Å². The molecule has 1 atom stereocenters. The summed E-state index contributed by atoms with van der Waals surface area (Å²) in [6.07, 6.45) is 6.85. The maximum absolute atomic E-state index is 12.6. The first-order chi connectivity index (χ1) is 8.66. The van der Waals surface area contributed by atoms with Crippen molar-refractivity contribution in [1.29, 1.82) is 0 Å². The largest absolute Gasteiger partial charge is 0.395 e. The van der Waals surface area contributed by atoms with Gasteiger partial charge in [-0.1, -0.05) is 19.3 Å². The van der Waals surface area contributed by atoms with Crippen LogP contribution in [0.15, 0.2) is 0 Å². The molecule has 0 spiro atoms. The van der Waals surface area contributed by atoms with Crippen LogP contribution in [0.2, 0.25) is 0 Å². The smallest absolute Gasteiger partial charge is 0.282 e. The third-order valence-electron chi connectivity index (χ3n) is 3.97. The SMILES string of the molecule is O=S(=O)(N1CCCCCC1)N1CCCCC1CO. The number of aliphatic hydroxyl groups is 1. The third kappa shape index (κ3) is 3.04. The molecule has 2 rings (SSSR count). The van der Waals surface area contributed by atoms with Gasteiger partial charge >= 0.3 is 0 Å². The molecule has 0 aromatic rings. The summed E-state index contributed by atoms with van der Waals surface area (Å²) in [5.74, 6) is 0. The summed E-state index contributed by atoms with van der Waals surface area (Å²) in [6, 6.07) is -0.216. The van der Waals surface area contributed by atoms with Crippen molar-refractivity contribution in [2.75, 3.05) is 26.2 Å². The zero-order valence-corrected chi connectivity index (χ0v) is 11.7. The van der Waals surface area contributed by atoms with E-state index in [0.29, 0.717) is 19.6 Å². The molecule has 1 unspecified atom stereocenters. The summed E-state index contributed by atoms with van der Waals surface area (Å²) in [6.45, 7) is 1.77. The lowest BCUT2D eigenvalue weighted by Gasteiger charge is -2.36. The highest BCUT2D eigenvalue weighted by molar-refractivity contribution is 7.86. The molecule has 106 valence electrons. The average molecular weight is 276 g/mol. The number of rotatable bonds is 3. The molecule has 18 heavy (non-hydrogen) atoms. The molecule has 1 N–H and O–H groups in total. The summed E-state index contributed by atoms with van der Waals surface area (Å²) < 4.78 is 28.4. The highest BCUT2D eigenvalue weighted by atomic mass is 32.2. The molecule has 2 saturated heterocycles. The van der Waals surface area contributed by atoms with E-state index in [1.807, 2.05) is 0 Å². The Kier molecular flexibility index (Phi) is 5.00. The predicted molar refractivity (Wildman–Crippen MR) is 70.4 cm³/mol. The lowest BCUT2D eigenvalue weighted by atomic mass is 10.1. The fraction of sp³-hybridized carbons (Fsp3) is 1.00. The van der Waals surface area contributed by atoms with Gasteiger partial charge in [-0.15, -0.1) is 0 Å². The Morgan fingerprint density at radius 2 is 1.56 bits per heavy atom. The van der Waals surface area contributed by atoms with E-state index in [-0.39, 0.29) is 12.6 Å². The number of aliphatic hydroxyl groups excluding tert-OH is 1. The van der Waals surface area contributed by atoms with Gasteiger partial charge in [-0.25, -0.2) is 0 Å². The summed E-state index contributed by atoms with van der Waals surface area (Å²) in [5.41, 5.74) is 0. The highest BCUT2D eigenvalue weighted by Crippen LogP contribution is 2.24. The van der Waals surface area contributed by atoms with Gasteiger partial charge in [0.15, 0.2) is 0 Å². The Labute approximate surface area is 110 Å². The zero-order valence-electron chi connectivity index (χ0n) is 10.9. The van der Waals surface area contributed by atoms with Crippen LogP contribution in [0.1, 0.15) is 44.9 Å². The monoisotopic (exact) mass is 276 g/mol. The fourth-order valence-corrected chi connectivity index (χ4v) is 4.81. The normalized spacial score (nSPS) is 29.1. The quantitative estimate of drug-likeness (QED) is 0.835. The summed E-state index contributed by atoms with van der Waals surface area (Å²) in [4.78, 5) is 0. The van der Waals surface area contributed by atoms with Crippen molar-refractivity contribution >= 4 is 10.2 Å². The Bertz CT molecular complexity index is 350. The number of nitrogens with zero attached hydrogens (tertiary/aromatic N) is 2. The van der Waals surface area contributed by atoms with Crippen LogP contribution >= 0.6 is 0 Å². The molecule has 0 aliphatic carbocycles. The molecule has 0 aromatic carbocycles. The maximum Gasteiger partial charge on any atom is 0.282 e. The van der Waals surface area contributed by atoms with Gasteiger partial charge in [-0.3, -0.25) is 0 Å². The van der Waals surface area contributed by atoms with Crippen molar-refractivity contribution in [3.05, 3.63) is 0 Å². The van der Waals surface area contributed by atoms with Crippen LogP contribution in [0.4, 0.5) is 0 Å². The predicted octanol–water partition coefficient (Wildman–Crippen LogP) is 0.954. The molecule has 2 aliphatic heterocycles. The van der Waals surface area contributed by atoms with Crippen molar-refractivity contribution in [2.24, 2.45) is 0 Å². The van der Waals surface area contributed by atoms with Gasteiger partial charge in [0.1, 0.15) is 0 Å². The van der Waals surface area contributed by atoms with Crippen molar-refractivity contribution in [3.8, 4) is 0 Å². The highest BCUT2D eigenvalue weighted by Gasteiger charge is 2.36. The molecule has 2 aliphatic rings. The molecule has 0 amide bonds. The van der Waals surface area contributed by atoms with Crippen molar-refractivity contribution < 1.29 is 13.5 Å². The van der Waals surface area contributed by atoms with Gasteiger partial charge in [-0.2, -0.15) is 17.0 Å². The fourth-order valence-electron chi connectivity index (χ4n) is 2.88. The van der Waals surface area contributed by atoms with Crippen molar-refractivity contribution in [3.63, 3.8) is 0 Å². The van der Waals surface area contributed by atoms with Crippen LogP contribution in [0.3, 0.4) is 0 Å². The minimum Gasteiger partial charge on any atom is -0.395 e. The molecule has 0 radical (unpaired) electrons. The van der Waals surface area contributed by atoms with Crippen LogP contribution in [0.25, 0.3) is 0 Å². The summed E-state index contributed by atoms with van der Waals surface area (Å²) in [5, 5.41) is 9.35. The third-order valence-corrected chi connectivity index (χ3v) is 6.06. The molecule has 5 nitrogen and oxygen atoms in total. The van der Waals surface area contributed by atoms with E-state index in [9.17, 15) is 13.5 Å². The average Bonchev–Trinajstić information content (AvgIpc) is 2.68. The van der Waals surface area contributed by atoms with E-state index in [2.05, 4.69) is 0 Å². The maximum atomic E-state index is 12.6. The van der Waals surface area contributed by atoms with E-state index in [4.69, 9.17) is 0 Å². The molecule has 2 fully saturated rings. The minimum absolute atomic E-state index is 0.0624. The molecule has 0 bridgehead atoms. The lowest BCUT2D eigenvalue weighted by molar-refractivity contribution is 0.148. The van der Waals surface area contributed by atoms with Gasteiger partial charge in [0.25, 0.3) is 10.2 Å². The Morgan fingerprint density at radius 3 is 2.17 bits per heavy atom. The number of piperidine rings is 1. The number of hydrogen-bond acceptors (Lipinski definition) is 3. The molecule has 0 aromatic heterocycles. The zero-order chi connectivity index (χ0) is 13.0. The Morgan fingerprint density at radius 1 is 0.944 bits per heavy atom. The summed E-state index contributed by atoms with van der Waals surface area (Å²) >= 11 is 0. The molecule has 0 saturated carbocycles. The molecule has 6 heteroatoms. The molecular weight excluding hydrogens is 252 g/mol.